The van der Waals surface area contributed by atoms with Crippen molar-refractivity contribution in [3.05, 3.63) is 0 Å². The minimum absolute atomic E-state index is 0.370. The lowest BCUT2D eigenvalue weighted by Crippen LogP contribution is -2.46. The van der Waals surface area contributed by atoms with Crippen molar-refractivity contribution in [2.24, 2.45) is 5.92 Å². The van der Waals surface area contributed by atoms with Gasteiger partial charge in [-0.2, -0.15) is 0 Å². The van der Waals surface area contributed by atoms with Gasteiger partial charge in [0.15, 0.2) is 0 Å². The molecule has 1 aliphatic rings. The van der Waals surface area contributed by atoms with Crippen molar-refractivity contribution in [3.8, 4) is 0 Å². The molecule has 16 heavy (non-hydrogen) atoms. The highest BCUT2D eigenvalue weighted by Gasteiger charge is 2.33. The lowest BCUT2D eigenvalue weighted by Gasteiger charge is -2.31. The Balaban J connectivity index is 2.58. The summed E-state index contributed by atoms with van der Waals surface area (Å²) < 4.78 is 11.2. The predicted octanol–water partition coefficient (Wildman–Crippen LogP) is 1.43. The number of carbonyl (C=O) groups is 1. The van der Waals surface area contributed by atoms with Gasteiger partial charge in [0.05, 0.1) is 19.8 Å². The van der Waals surface area contributed by atoms with Crippen LogP contribution in [0.2, 0.25) is 0 Å². The SMILES string of the molecule is CC(C)COC1(C)COCCN(C(=O)O)C1. The summed E-state index contributed by atoms with van der Waals surface area (Å²) in [5, 5.41) is 8.99. The maximum absolute atomic E-state index is 10.9. The Hall–Kier alpha value is -0.810. The molecular weight excluding hydrogens is 210 g/mol. The Bertz CT molecular complexity index is 244. The molecule has 5 nitrogen and oxygen atoms in total. The molecule has 0 spiro atoms. The molecule has 0 aliphatic carbocycles. The summed E-state index contributed by atoms with van der Waals surface area (Å²) in [6.07, 6.45) is -0.912. The number of ether oxygens (including phenoxy) is 2. The van der Waals surface area contributed by atoms with E-state index in [4.69, 9.17) is 14.6 Å². The molecule has 5 heteroatoms. The van der Waals surface area contributed by atoms with E-state index in [-0.39, 0.29) is 0 Å². The average Bonchev–Trinajstić information content (AvgIpc) is 2.38. The average molecular weight is 231 g/mol. The van der Waals surface area contributed by atoms with E-state index in [2.05, 4.69) is 13.8 Å². The lowest BCUT2D eigenvalue weighted by molar-refractivity contribution is -0.0872. The first-order chi connectivity index (χ1) is 7.43. The van der Waals surface area contributed by atoms with E-state index < -0.39 is 11.7 Å². The molecule has 1 aliphatic heterocycles. The first-order valence-corrected chi connectivity index (χ1v) is 5.62. The Labute approximate surface area is 96.3 Å². The summed E-state index contributed by atoms with van der Waals surface area (Å²) in [4.78, 5) is 12.3. The van der Waals surface area contributed by atoms with Gasteiger partial charge in [-0.1, -0.05) is 13.8 Å². The number of carboxylic acid groups (broad SMARTS) is 1. The molecule has 1 heterocycles. The monoisotopic (exact) mass is 231 g/mol. The minimum atomic E-state index is -0.912. The molecule has 1 amide bonds. The topological polar surface area (TPSA) is 59.0 Å². The van der Waals surface area contributed by atoms with E-state index in [1.54, 1.807) is 0 Å². The number of hydrogen-bond donors (Lipinski definition) is 1. The minimum Gasteiger partial charge on any atom is -0.465 e. The normalized spacial score (nSPS) is 26.9. The largest absolute Gasteiger partial charge is 0.465 e. The molecule has 1 atom stereocenters. The molecule has 1 rings (SSSR count). The third kappa shape index (κ3) is 3.98. The molecule has 0 saturated carbocycles. The molecule has 1 fully saturated rings. The maximum atomic E-state index is 10.9. The van der Waals surface area contributed by atoms with Crippen molar-refractivity contribution in [3.63, 3.8) is 0 Å². The fraction of sp³-hybridized carbons (Fsp3) is 0.909. The van der Waals surface area contributed by atoms with Crippen LogP contribution in [0.15, 0.2) is 0 Å². The van der Waals surface area contributed by atoms with E-state index in [0.717, 1.165) is 0 Å². The van der Waals surface area contributed by atoms with Gasteiger partial charge in [0, 0.05) is 13.2 Å². The van der Waals surface area contributed by atoms with Gasteiger partial charge >= 0.3 is 6.09 Å². The standard InChI is InChI=1S/C11H21NO4/c1-9(2)6-16-11(3)7-12(10(13)14)4-5-15-8-11/h9H,4-8H2,1-3H3,(H,13,14). The van der Waals surface area contributed by atoms with Crippen LogP contribution in [0.25, 0.3) is 0 Å². The number of amides is 1. The van der Waals surface area contributed by atoms with Gasteiger partial charge in [-0.25, -0.2) is 4.79 Å². The van der Waals surface area contributed by atoms with Gasteiger partial charge in [-0.3, -0.25) is 0 Å². The molecule has 0 aromatic rings. The summed E-state index contributed by atoms with van der Waals surface area (Å²) in [5.41, 5.74) is -0.529. The van der Waals surface area contributed by atoms with Crippen molar-refractivity contribution in [1.82, 2.24) is 4.90 Å². The molecule has 0 aromatic carbocycles. The fourth-order valence-corrected chi connectivity index (χ4v) is 1.61. The maximum Gasteiger partial charge on any atom is 0.407 e. The summed E-state index contributed by atoms with van der Waals surface area (Å²) >= 11 is 0. The van der Waals surface area contributed by atoms with Crippen LogP contribution in [-0.4, -0.2) is 54.6 Å². The zero-order valence-electron chi connectivity index (χ0n) is 10.2. The van der Waals surface area contributed by atoms with E-state index >= 15 is 0 Å². The molecule has 1 saturated heterocycles. The smallest absolute Gasteiger partial charge is 0.407 e. The number of hydrogen-bond acceptors (Lipinski definition) is 3. The van der Waals surface area contributed by atoms with Crippen LogP contribution >= 0.6 is 0 Å². The third-order valence-corrected chi connectivity index (χ3v) is 2.47. The zero-order valence-corrected chi connectivity index (χ0v) is 10.2. The second-order valence-corrected chi connectivity index (χ2v) is 4.91. The highest BCUT2D eigenvalue weighted by atomic mass is 16.5. The Kier molecular flexibility index (Phi) is 4.56. The van der Waals surface area contributed by atoms with E-state index in [1.165, 1.54) is 4.90 Å². The van der Waals surface area contributed by atoms with E-state index in [1.807, 2.05) is 6.92 Å². The molecule has 1 N–H and O–H groups in total. The van der Waals surface area contributed by atoms with Crippen LogP contribution < -0.4 is 0 Å². The first kappa shape index (κ1) is 13.3. The molecule has 0 bridgehead atoms. The molecule has 1 unspecified atom stereocenters. The first-order valence-electron chi connectivity index (χ1n) is 5.62. The third-order valence-electron chi connectivity index (χ3n) is 2.47. The summed E-state index contributed by atoms with van der Waals surface area (Å²) in [6.45, 7) is 8.32. The molecule has 94 valence electrons. The van der Waals surface area contributed by atoms with Gasteiger partial charge in [-0.05, 0) is 12.8 Å². The highest BCUT2D eigenvalue weighted by Crippen LogP contribution is 2.17. The van der Waals surface area contributed by atoms with Gasteiger partial charge in [-0.15, -0.1) is 0 Å². The van der Waals surface area contributed by atoms with Crippen LogP contribution in [0.3, 0.4) is 0 Å². The van der Waals surface area contributed by atoms with Gasteiger partial charge in [0.25, 0.3) is 0 Å². The van der Waals surface area contributed by atoms with E-state index in [0.29, 0.717) is 38.8 Å². The van der Waals surface area contributed by atoms with Crippen LogP contribution in [0.5, 0.6) is 0 Å². The Morgan fingerprint density at radius 1 is 1.62 bits per heavy atom. The van der Waals surface area contributed by atoms with Gasteiger partial charge in [0.1, 0.15) is 5.60 Å². The number of nitrogens with zero attached hydrogens (tertiary/aromatic N) is 1. The van der Waals surface area contributed by atoms with Crippen LogP contribution in [0.1, 0.15) is 20.8 Å². The summed E-state index contributed by atoms with van der Waals surface area (Å²) in [6, 6.07) is 0. The fourth-order valence-electron chi connectivity index (χ4n) is 1.61. The number of rotatable bonds is 3. The second kappa shape index (κ2) is 5.50. The zero-order chi connectivity index (χ0) is 12.2. The Morgan fingerprint density at radius 2 is 2.31 bits per heavy atom. The van der Waals surface area contributed by atoms with Crippen molar-refractivity contribution < 1.29 is 19.4 Å². The van der Waals surface area contributed by atoms with Crippen LogP contribution in [-0.2, 0) is 9.47 Å². The van der Waals surface area contributed by atoms with Gasteiger partial charge in [0.2, 0.25) is 0 Å². The quantitative estimate of drug-likeness (QED) is 0.798. The summed E-state index contributed by atoms with van der Waals surface area (Å²) in [7, 11) is 0. The predicted molar refractivity (Wildman–Crippen MR) is 59.6 cm³/mol. The van der Waals surface area contributed by atoms with Crippen molar-refractivity contribution in [2.45, 2.75) is 26.4 Å². The van der Waals surface area contributed by atoms with E-state index in [9.17, 15) is 4.79 Å². The molecular formula is C11H21NO4. The van der Waals surface area contributed by atoms with Crippen molar-refractivity contribution >= 4 is 6.09 Å². The van der Waals surface area contributed by atoms with Gasteiger partial charge < -0.3 is 19.5 Å². The molecule has 0 radical (unpaired) electrons. The summed E-state index contributed by atoms with van der Waals surface area (Å²) in [5.74, 6) is 0.429. The van der Waals surface area contributed by atoms with Crippen LogP contribution in [0.4, 0.5) is 4.79 Å². The van der Waals surface area contributed by atoms with Crippen LogP contribution in [0, 0.1) is 5.92 Å². The molecule has 0 aromatic heterocycles. The highest BCUT2D eigenvalue weighted by molar-refractivity contribution is 5.65. The second-order valence-electron chi connectivity index (χ2n) is 4.91. The lowest BCUT2D eigenvalue weighted by atomic mass is 10.1. The van der Waals surface area contributed by atoms with Crippen molar-refractivity contribution in [1.29, 1.82) is 0 Å². The Morgan fingerprint density at radius 3 is 2.88 bits per heavy atom. The van der Waals surface area contributed by atoms with Crippen molar-refractivity contribution in [2.75, 3.05) is 32.9 Å².